The molecule has 0 unspecified atom stereocenters. The van der Waals surface area contributed by atoms with E-state index in [1.54, 1.807) is 18.2 Å². The SMILES string of the molecule is C=CCCOCCNc1ccc(C(=O)O)cc1Br. The van der Waals surface area contributed by atoms with Crippen molar-refractivity contribution in [1.29, 1.82) is 0 Å². The van der Waals surface area contributed by atoms with Crippen LogP contribution in [0.1, 0.15) is 16.8 Å². The molecule has 5 heteroatoms. The summed E-state index contributed by atoms with van der Waals surface area (Å²) >= 11 is 3.33. The van der Waals surface area contributed by atoms with Crippen LogP contribution in [-0.4, -0.2) is 30.8 Å². The molecule has 0 aliphatic rings. The third-order valence-electron chi connectivity index (χ3n) is 2.24. The average Bonchev–Trinajstić information content (AvgIpc) is 2.35. The van der Waals surface area contributed by atoms with Crippen LogP contribution in [0, 0.1) is 0 Å². The quantitative estimate of drug-likeness (QED) is 0.572. The summed E-state index contributed by atoms with van der Waals surface area (Å²) in [6, 6.07) is 4.87. The number of rotatable bonds is 8. The van der Waals surface area contributed by atoms with Gasteiger partial charge in [0, 0.05) is 16.7 Å². The Kier molecular flexibility index (Phi) is 6.46. The molecular formula is C13H16BrNO3. The highest BCUT2D eigenvalue weighted by Crippen LogP contribution is 2.23. The molecule has 0 fully saturated rings. The number of carbonyl (C=O) groups is 1. The normalized spacial score (nSPS) is 10.1. The van der Waals surface area contributed by atoms with Gasteiger partial charge in [-0.05, 0) is 40.5 Å². The predicted molar refractivity (Wildman–Crippen MR) is 75.2 cm³/mol. The van der Waals surface area contributed by atoms with Gasteiger partial charge in [0.2, 0.25) is 0 Å². The lowest BCUT2D eigenvalue weighted by Gasteiger charge is -2.09. The second-order valence-corrected chi connectivity index (χ2v) is 4.47. The average molecular weight is 314 g/mol. The van der Waals surface area contributed by atoms with E-state index >= 15 is 0 Å². The van der Waals surface area contributed by atoms with Gasteiger partial charge in [0.15, 0.2) is 0 Å². The zero-order valence-electron chi connectivity index (χ0n) is 9.99. The molecule has 0 aromatic heterocycles. The molecule has 0 atom stereocenters. The Bertz CT molecular complexity index is 421. The van der Waals surface area contributed by atoms with Gasteiger partial charge >= 0.3 is 5.97 Å². The third kappa shape index (κ3) is 4.89. The number of benzene rings is 1. The van der Waals surface area contributed by atoms with Gasteiger partial charge < -0.3 is 15.2 Å². The van der Waals surface area contributed by atoms with Crippen LogP contribution in [0.5, 0.6) is 0 Å². The second-order valence-electron chi connectivity index (χ2n) is 3.62. The number of aromatic carboxylic acids is 1. The van der Waals surface area contributed by atoms with Crippen molar-refractivity contribution in [2.24, 2.45) is 0 Å². The lowest BCUT2D eigenvalue weighted by Crippen LogP contribution is -2.10. The maximum Gasteiger partial charge on any atom is 0.335 e. The Morgan fingerprint density at radius 3 is 2.89 bits per heavy atom. The van der Waals surface area contributed by atoms with Gasteiger partial charge in [-0.1, -0.05) is 6.08 Å². The molecule has 0 spiro atoms. The van der Waals surface area contributed by atoms with Crippen LogP contribution in [0.2, 0.25) is 0 Å². The van der Waals surface area contributed by atoms with Gasteiger partial charge in [-0.3, -0.25) is 0 Å². The monoisotopic (exact) mass is 313 g/mol. The molecule has 0 bridgehead atoms. The minimum Gasteiger partial charge on any atom is -0.478 e. The van der Waals surface area contributed by atoms with Crippen molar-refractivity contribution in [1.82, 2.24) is 0 Å². The van der Waals surface area contributed by atoms with Gasteiger partial charge in [0.25, 0.3) is 0 Å². The van der Waals surface area contributed by atoms with Crippen molar-refractivity contribution in [3.05, 3.63) is 40.9 Å². The number of ether oxygens (including phenoxy) is 1. The first-order valence-corrected chi connectivity index (χ1v) is 6.40. The fraction of sp³-hybridized carbons (Fsp3) is 0.308. The summed E-state index contributed by atoms with van der Waals surface area (Å²) in [5.74, 6) is -0.935. The van der Waals surface area contributed by atoms with E-state index in [2.05, 4.69) is 27.8 Å². The molecule has 18 heavy (non-hydrogen) atoms. The number of carboxylic acid groups (broad SMARTS) is 1. The van der Waals surface area contributed by atoms with Gasteiger partial charge in [0.1, 0.15) is 0 Å². The smallest absolute Gasteiger partial charge is 0.335 e. The lowest BCUT2D eigenvalue weighted by atomic mass is 10.2. The summed E-state index contributed by atoms with van der Waals surface area (Å²) in [4.78, 5) is 10.8. The van der Waals surface area contributed by atoms with Gasteiger partial charge in [-0.15, -0.1) is 6.58 Å². The molecule has 4 nitrogen and oxygen atoms in total. The van der Waals surface area contributed by atoms with E-state index in [1.807, 2.05) is 6.08 Å². The number of anilines is 1. The molecule has 0 amide bonds. The molecular weight excluding hydrogens is 298 g/mol. The van der Waals surface area contributed by atoms with Crippen LogP contribution < -0.4 is 5.32 Å². The molecule has 0 heterocycles. The highest BCUT2D eigenvalue weighted by molar-refractivity contribution is 9.10. The first-order valence-electron chi connectivity index (χ1n) is 5.60. The van der Waals surface area contributed by atoms with E-state index in [1.165, 1.54) is 0 Å². The molecule has 0 aliphatic carbocycles. The Morgan fingerprint density at radius 2 is 2.28 bits per heavy atom. The molecule has 0 aliphatic heterocycles. The predicted octanol–water partition coefficient (Wildman–Crippen LogP) is 3.15. The highest BCUT2D eigenvalue weighted by atomic mass is 79.9. The summed E-state index contributed by atoms with van der Waals surface area (Å²) in [5.41, 5.74) is 1.11. The van der Waals surface area contributed by atoms with Crippen LogP contribution >= 0.6 is 15.9 Å². The van der Waals surface area contributed by atoms with Crippen LogP contribution in [0.15, 0.2) is 35.3 Å². The summed E-state index contributed by atoms with van der Waals surface area (Å²) in [6.45, 7) is 5.55. The molecule has 1 aromatic carbocycles. The van der Waals surface area contributed by atoms with E-state index in [0.717, 1.165) is 16.6 Å². The maximum absolute atomic E-state index is 10.8. The molecule has 1 aromatic rings. The fourth-order valence-corrected chi connectivity index (χ4v) is 1.84. The Hall–Kier alpha value is -1.33. The molecule has 98 valence electrons. The standard InChI is InChI=1S/C13H16BrNO3/c1-2-3-7-18-8-6-15-12-5-4-10(13(16)17)9-11(12)14/h2,4-5,9,15H,1,3,6-8H2,(H,16,17). The zero-order valence-corrected chi connectivity index (χ0v) is 11.6. The van der Waals surface area contributed by atoms with E-state index in [-0.39, 0.29) is 5.56 Å². The zero-order chi connectivity index (χ0) is 13.4. The molecule has 0 saturated carbocycles. The molecule has 2 N–H and O–H groups in total. The van der Waals surface area contributed by atoms with E-state index in [9.17, 15) is 4.79 Å². The number of nitrogens with one attached hydrogen (secondary N) is 1. The van der Waals surface area contributed by atoms with Gasteiger partial charge in [-0.2, -0.15) is 0 Å². The second kappa shape index (κ2) is 7.89. The Morgan fingerprint density at radius 1 is 1.50 bits per heavy atom. The third-order valence-corrected chi connectivity index (χ3v) is 2.90. The van der Waals surface area contributed by atoms with Crippen LogP contribution in [0.25, 0.3) is 0 Å². The molecule has 0 saturated heterocycles. The van der Waals surface area contributed by atoms with Crippen LogP contribution in [0.4, 0.5) is 5.69 Å². The van der Waals surface area contributed by atoms with Gasteiger partial charge in [0.05, 0.1) is 18.8 Å². The number of carboxylic acids is 1. The topological polar surface area (TPSA) is 58.6 Å². The number of halogens is 1. The van der Waals surface area contributed by atoms with E-state index in [0.29, 0.717) is 19.8 Å². The summed E-state index contributed by atoms with van der Waals surface area (Å²) in [7, 11) is 0. The number of hydrogen-bond acceptors (Lipinski definition) is 3. The van der Waals surface area contributed by atoms with Crippen molar-refractivity contribution >= 4 is 27.6 Å². The highest BCUT2D eigenvalue weighted by Gasteiger charge is 2.05. The fourth-order valence-electron chi connectivity index (χ4n) is 1.32. The minimum absolute atomic E-state index is 0.259. The molecule has 1 rings (SSSR count). The van der Waals surface area contributed by atoms with Crippen molar-refractivity contribution in [2.45, 2.75) is 6.42 Å². The van der Waals surface area contributed by atoms with Gasteiger partial charge in [-0.25, -0.2) is 4.79 Å². The van der Waals surface area contributed by atoms with Crippen molar-refractivity contribution in [2.75, 3.05) is 25.1 Å². The van der Waals surface area contributed by atoms with E-state index in [4.69, 9.17) is 9.84 Å². The summed E-state index contributed by atoms with van der Waals surface area (Å²) in [5, 5.41) is 12.0. The van der Waals surface area contributed by atoms with Crippen molar-refractivity contribution < 1.29 is 14.6 Å². The first kappa shape index (κ1) is 14.7. The largest absolute Gasteiger partial charge is 0.478 e. The maximum atomic E-state index is 10.8. The Labute approximate surface area is 115 Å². The molecule has 0 radical (unpaired) electrons. The van der Waals surface area contributed by atoms with E-state index < -0.39 is 5.97 Å². The van der Waals surface area contributed by atoms with Crippen molar-refractivity contribution in [3.63, 3.8) is 0 Å². The number of hydrogen-bond donors (Lipinski definition) is 2. The first-order chi connectivity index (χ1) is 8.65. The lowest BCUT2D eigenvalue weighted by molar-refractivity contribution is 0.0697. The van der Waals surface area contributed by atoms with Crippen LogP contribution in [-0.2, 0) is 4.74 Å². The van der Waals surface area contributed by atoms with Crippen molar-refractivity contribution in [3.8, 4) is 0 Å². The summed E-state index contributed by atoms with van der Waals surface area (Å²) in [6.07, 6.45) is 2.66. The van der Waals surface area contributed by atoms with Crippen LogP contribution in [0.3, 0.4) is 0 Å². The minimum atomic E-state index is -0.935. The Balaban J connectivity index is 2.38. The summed E-state index contributed by atoms with van der Waals surface area (Å²) < 4.78 is 6.08.